The normalized spacial score (nSPS) is 11.9. The second-order valence-electron chi connectivity index (χ2n) is 6.53. The minimum Gasteiger partial charge on any atom is -0.505 e. The molecular weight excluding hydrogens is 358 g/mol. The molecule has 0 unspecified atom stereocenters. The van der Waals surface area contributed by atoms with Crippen LogP contribution in [-0.4, -0.2) is 20.9 Å². The third-order valence-electron chi connectivity index (χ3n) is 4.59. The fourth-order valence-corrected chi connectivity index (χ4v) is 3.08. The first-order chi connectivity index (χ1) is 13.5. The highest BCUT2D eigenvalue weighted by Gasteiger charge is 2.22. The van der Waals surface area contributed by atoms with Gasteiger partial charge >= 0.3 is 0 Å². The largest absolute Gasteiger partial charge is 0.505 e. The van der Waals surface area contributed by atoms with E-state index in [0.717, 1.165) is 18.2 Å². The molecule has 0 spiro atoms. The van der Waals surface area contributed by atoms with Gasteiger partial charge in [-0.25, -0.2) is 0 Å². The molecule has 2 aromatic carbocycles. The molecule has 2 N–H and O–H groups in total. The van der Waals surface area contributed by atoms with Crippen molar-refractivity contribution in [3.05, 3.63) is 76.0 Å². The number of carbonyl (C=O) groups excluding carboxylic acids is 1. The molecular formula is C21H21N3O4. The van der Waals surface area contributed by atoms with Crippen LogP contribution in [0.4, 0.5) is 5.69 Å². The number of non-ortho nitro benzene ring substituents is 1. The Morgan fingerprint density at radius 3 is 2.64 bits per heavy atom. The van der Waals surface area contributed by atoms with Gasteiger partial charge in [0.25, 0.3) is 5.69 Å². The zero-order chi connectivity index (χ0) is 20.1. The SMILES string of the molecule is CCCCC(=O)N[C@@H](c1ccc([N+](=O)[O-])cc1)c1ccc2cccnc2c1O. The Morgan fingerprint density at radius 2 is 1.96 bits per heavy atom. The highest BCUT2D eigenvalue weighted by Crippen LogP contribution is 2.35. The van der Waals surface area contributed by atoms with Crippen molar-refractivity contribution in [2.24, 2.45) is 0 Å². The predicted molar refractivity (Wildman–Crippen MR) is 106 cm³/mol. The number of unbranched alkanes of at least 4 members (excludes halogenated alkanes) is 1. The lowest BCUT2D eigenvalue weighted by atomic mass is 9.95. The lowest BCUT2D eigenvalue weighted by Crippen LogP contribution is -2.29. The van der Waals surface area contributed by atoms with Crippen LogP contribution >= 0.6 is 0 Å². The summed E-state index contributed by atoms with van der Waals surface area (Å²) in [5.74, 6) is -0.164. The number of hydrogen-bond donors (Lipinski definition) is 2. The Balaban J connectivity index is 2.04. The Bertz CT molecular complexity index is 1000. The number of pyridine rings is 1. The summed E-state index contributed by atoms with van der Waals surface area (Å²) < 4.78 is 0. The van der Waals surface area contributed by atoms with E-state index in [1.54, 1.807) is 30.5 Å². The molecule has 3 aromatic rings. The van der Waals surface area contributed by atoms with Gasteiger partial charge in [-0.3, -0.25) is 19.9 Å². The summed E-state index contributed by atoms with van der Waals surface area (Å²) in [7, 11) is 0. The fraction of sp³-hybridized carbons (Fsp3) is 0.238. The van der Waals surface area contributed by atoms with Gasteiger partial charge in [0.1, 0.15) is 11.3 Å². The highest BCUT2D eigenvalue weighted by atomic mass is 16.6. The summed E-state index contributed by atoms with van der Waals surface area (Å²) in [5.41, 5.74) is 1.53. The molecule has 0 fully saturated rings. The van der Waals surface area contributed by atoms with Gasteiger partial charge in [0, 0.05) is 35.7 Å². The Kier molecular flexibility index (Phi) is 5.84. The molecule has 0 radical (unpaired) electrons. The molecule has 28 heavy (non-hydrogen) atoms. The van der Waals surface area contributed by atoms with E-state index in [9.17, 15) is 20.0 Å². The van der Waals surface area contributed by atoms with Crippen molar-refractivity contribution in [1.82, 2.24) is 10.3 Å². The van der Waals surface area contributed by atoms with E-state index in [2.05, 4.69) is 10.3 Å². The Labute approximate surface area is 162 Å². The maximum atomic E-state index is 12.4. The first kappa shape index (κ1) is 19.3. The number of benzene rings is 2. The number of nitro groups is 1. The minimum atomic E-state index is -0.642. The highest BCUT2D eigenvalue weighted by molar-refractivity contribution is 5.86. The van der Waals surface area contributed by atoms with Crippen molar-refractivity contribution in [1.29, 1.82) is 0 Å². The van der Waals surface area contributed by atoms with Crippen LogP contribution in [0.5, 0.6) is 5.75 Å². The van der Waals surface area contributed by atoms with Crippen molar-refractivity contribution in [3.8, 4) is 5.75 Å². The average Bonchev–Trinajstić information content (AvgIpc) is 2.71. The number of rotatable bonds is 7. The van der Waals surface area contributed by atoms with Gasteiger partial charge in [0.2, 0.25) is 5.91 Å². The van der Waals surface area contributed by atoms with E-state index < -0.39 is 11.0 Å². The summed E-state index contributed by atoms with van der Waals surface area (Å²) in [4.78, 5) is 27.1. The lowest BCUT2D eigenvalue weighted by molar-refractivity contribution is -0.384. The molecule has 1 aromatic heterocycles. The van der Waals surface area contributed by atoms with E-state index in [1.807, 2.05) is 19.1 Å². The van der Waals surface area contributed by atoms with Crippen molar-refractivity contribution in [3.63, 3.8) is 0 Å². The van der Waals surface area contributed by atoms with Crippen molar-refractivity contribution in [2.75, 3.05) is 0 Å². The molecule has 0 saturated carbocycles. The van der Waals surface area contributed by atoms with Crippen molar-refractivity contribution < 1.29 is 14.8 Å². The molecule has 7 heteroatoms. The van der Waals surface area contributed by atoms with Gasteiger partial charge in [-0.05, 0) is 30.2 Å². The molecule has 1 amide bonds. The maximum Gasteiger partial charge on any atom is 0.269 e. The standard InChI is InChI=1S/C21H21N3O4/c1-2-3-6-18(25)23-19(15-7-10-16(11-8-15)24(27)28)17-12-9-14-5-4-13-22-20(14)21(17)26/h4-5,7-13,19,26H,2-3,6H2,1H3,(H,23,25)/t19-/m0/s1. The zero-order valence-corrected chi connectivity index (χ0v) is 15.5. The number of nitrogens with one attached hydrogen (secondary N) is 1. The monoisotopic (exact) mass is 379 g/mol. The minimum absolute atomic E-state index is 0.0164. The first-order valence-corrected chi connectivity index (χ1v) is 9.11. The van der Waals surface area contributed by atoms with Gasteiger partial charge in [-0.15, -0.1) is 0 Å². The second-order valence-corrected chi connectivity index (χ2v) is 6.53. The summed E-state index contributed by atoms with van der Waals surface area (Å²) in [5, 5.41) is 25.5. The van der Waals surface area contributed by atoms with Crippen LogP contribution in [0.3, 0.4) is 0 Å². The topological polar surface area (TPSA) is 105 Å². The number of aromatic nitrogens is 1. The number of nitrogens with zero attached hydrogens (tertiary/aromatic N) is 2. The molecule has 0 aliphatic heterocycles. The molecule has 1 heterocycles. The molecule has 0 aliphatic rings. The zero-order valence-electron chi connectivity index (χ0n) is 15.5. The molecule has 0 aliphatic carbocycles. The van der Waals surface area contributed by atoms with Crippen LogP contribution < -0.4 is 5.32 Å². The number of aromatic hydroxyl groups is 1. The van der Waals surface area contributed by atoms with Gasteiger partial charge in [-0.2, -0.15) is 0 Å². The number of phenolic OH excluding ortho intramolecular Hbond substituents is 1. The summed E-state index contributed by atoms with van der Waals surface area (Å²) in [6.07, 6.45) is 3.60. The van der Waals surface area contributed by atoms with Crippen LogP contribution in [0, 0.1) is 10.1 Å². The van der Waals surface area contributed by atoms with Gasteiger partial charge < -0.3 is 10.4 Å². The average molecular weight is 379 g/mol. The number of amides is 1. The van der Waals surface area contributed by atoms with Crippen LogP contribution in [0.1, 0.15) is 43.4 Å². The molecule has 7 nitrogen and oxygen atoms in total. The second kappa shape index (κ2) is 8.47. The third-order valence-corrected chi connectivity index (χ3v) is 4.59. The summed E-state index contributed by atoms with van der Waals surface area (Å²) >= 11 is 0. The molecule has 3 rings (SSSR count). The smallest absolute Gasteiger partial charge is 0.269 e. The fourth-order valence-electron chi connectivity index (χ4n) is 3.08. The van der Waals surface area contributed by atoms with Gasteiger partial charge in [-0.1, -0.05) is 31.5 Å². The van der Waals surface area contributed by atoms with Crippen LogP contribution in [0.2, 0.25) is 0 Å². The lowest BCUT2D eigenvalue weighted by Gasteiger charge is -2.21. The Morgan fingerprint density at radius 1 is 1.21 bits per heavy atom. The molecule has 0 saturated heterocycles. The van der Waals surface area contributed by atoms with Crippen LogP contribution in [0.15, 0.2) is 54.7 Å². The third kappa shape index (κ3) is 4.09. The number of hydrogen-bond acceptors (Lipinski definition) is 5. The van der Waals surface area contributed by atoms with Crippen molar-refractivity contribution >= 4 is 22.5 Å². The van der Waals surface area contributed by atoms with E-state index in [-0.39, 0.29) is 17.3 Å². The number of fused-ring (bicyclic) bond motifs is 1. The summed E-state index contributed by atoms with van der Waals surface area (Å²) in [6, 6.07) is 12.5. The summed E-state index contributed by atoms with van der Waals surface area (Å²) in [6.45, 7) is 2.00. The number of phenols is 1. The van der Waals surface area contributed by atoms with E-state index in [1.165, 1.54) is 12.1 Å². The predicted octanol–water partition coefficient (Wildman–Crippen LogP) is 4.24. The molecule has 1 atom stereocenters. The molecule has 0 bridgehead atoms. The van der Waals surface area contributed by atoms with Crippen LogP contribution in [-0.2, 0) is 4.79 Å². The van der Waals surface area contributed by atoms with Gasteiger partial charge in [0.05, 0.1) is 11.0 Å². The van der Waals surface area contributed by atoms with Crippen molar-refractivity contribution in [2.45, 2.75) is 32.2 Å². The maximum absolute atomic E-state index is 12.4. The Hall–Kier alpha value is -3.48. The van der Waals surface area contributed by atoms with E-state index in [4.69, 9.17) is 0 Å². The number of nitro benzene ring substituents is 1. The van der Waals surface area contributed by atoms with Crippen LogP contribution in [0.25, 0.3) is 10.9 Å². The molecule has 144 valence electrons. The first-order valence-electron chi connectivity index (χ1n) is 9.11. The quantitative estimate of drug-likeness (QED) is 0.472. The van der Waals surface area contributed by atoms with E-state index in [0.29, 0.717) is 23.1 Å². The van der Waals surface area contributed by atoms with E-state index >= 15 is 0 Å². The number of carbonyl (C=O) groups is 1. The van der Waals surface area contributed by atoms with Gasteiger partial charge in [0.15, 0.2) is 0 Å².